The number of amides is 1. The number of carbonyl (C=O) groups is 1. The fourth-order valence-electron chi connectivity index (χ4n) is 3.63. The Bertz CT molecular complexity index is 1220. The van der Waals surface area contributed by atoms with Crippen LogP contribution in [0.1, 0.15) is 29.3 Å². The van der Waals surface area contributed by atoms with Gasteiger partial charge in [0.15, 0.2) is 5.16 Å². The maximum atomic E-state index is 13.2. The van der Waals surface area contributed by atoms with E-state index in [0.717, 1.165) is 40.6 Å². The van der Waals surface area contributed by atoms with Crippen molar-refractivity contribution in [2.75, 3.05) is 5.32 Å². The monoisotopic (exact) mass is 459 g/mol. The standard InChI is InChI=1S/C22H22ClN3O2S2/c1-4-11-26-21(28)18-14-7-5-10-17(14)30-20(18)25-22(26)29-13(3)19(27)24-16-9-6-8-15(23)12(16)2/h4,6,8-9,13H,1,5,7,10-11H2,2-3H3,(H,24,27)/t13-/m0/s1. The Labute approximate surface area is 188 Å². The van der Waals surface area contributed by atoms with Crippen LogP contribution in [0.4, 0.5) is 5.69 Å². The summed E-state index contributed by atoms with van der Waals surface area (Å²) in [5.74, 6) is -0.168. The summed E-state index contributed by atoms with van der Waals surface area (Å²) in [6.07, 6.45) is 4.72. The molecule has 1 amide bonds. The number of benzene rings is 1. The molecule has 1 aliphatic carbocycles. The zero-order valence-corrected chi connectivity index (χ0v) is 19.2. The van der Waals surface area contributed by atoms with Gasteiger partial charge in [-0.05, 0) is 56.4 Å². The minimum atomic E-state index is -0.449. The van der Waals surface area contributed by atoms with Gasteiger partial charge in [-0.25, -0.2) is 4.98 Å². The van der Waals surface area contributed by atoms with Crippen LogP contribution < -0.4 is 10.9 Å². The summed E-state index contributed by atoms with van der Waals surface area (Å²) < 4.78 is 1.62. The number of halogens is 1. The van der Waals surface area contributed by atoms with Crippen molar-refractivity contribution in [1.29, 1.82) is 0 Å². The smallest absolute Gasteiger partial charge is 0.263 e. The van der Waals surface area contributed by atoms with Gasteiger partial charge in [-0.15, -0.1) is 17.9 Å². The number of nitrogens with one attached hydrogen (secondary N) is 1. The van der Waals surface area contributed by atoms with Crippen LogP contribution >= 0.6 is 34.7 Å². The number of nitrogens with zero attached hydrogens (tertiary/aromatic N) is 2. The molecular formula is C22H22ClN3O2S2. The Morgan fingerprint density at radius 3 is 3.03 bits per heavy atom. The quantitative estimate of drug-likeness (QED) is 0.312. The molecule has 0 saturated heterocycles. The fourth-order valence-corrected chi connectivity index (χ4v) is 6.02. The molecule has 2 heterocycles. The van der Waals surface area contributed by atoms with Crippen molar-refractivity contribution in [3.05, 3.63) is 62.2 Å². The maximum Gasteiger partial charge on any atom is 0.263 e. The Morgan fingerprint density at radius 2 is 2.27 bits per heavy atom. The van der Waals surface area contributed by atoms with Crippen molar-refractivity contribution in [3.63, 3.8) is 0 Å². The summed E-state index contributed by atoms with van der Waals surface area (Å²) in [5, 5.41) is 4.36. The van der Waals surface area contributed by atoms with E-state index in [9.17, 15) is 9.59 Å². The predicted molar refractivity (Wildman–Crippen MR) is 126 cm³/mol. The third-order valence-electron chi connectivity index (χ3n) is 5.28. The Hall–Kier alpha value is -2.09. The van der Waals surface area contributed by atoms with Gasteiger partial charge in [-0.1, -0.05) is 35.5 Å². The molecule has 156 valence electrons. The molecule has 1 aliphatic rings. The molecule has 8 heteroatoms. The molecule has 1 atom stereocenters. The third kappa shape index (κ3) is 3.82. The summed E-state index contributed by atoms with van der Waals surface area (Å²) in [5.41, 5.74) is 2.62. The second-order valence-electron chi connectivity index (χ2n) is 7.30. The van der Waals surface area contributed by atoms with Crippen LogP contribution in [0, 0.1) is 6.92 Å². The van der Waals surface area contributed by atoms with Gasteiger partial charge in [0.1, 0.15) is 4.83 Å². The zero-order chi connectivity index (χ0) is 21.4. The van der Waals surface area contributed by atoms with Crippen LogP contribution in [0.15, 0.2) is 40.8 Å². The molecule has 0 aliphatic heterocycles. The Kier molecular flexibility index (Phi) is 6.04. The van der Waals surface area contributed by atoms with Gasteiger partial charge in [-0.2, -0.15) is 0 Å². The second-order valence-corrected chi connectivity index (χ2v) is 10.1. The molecule has 0 fully saturated rings. The lowest BCUT2D eigenvalue weighted by atomic mass is 10.2. The van der Waals surface area contributed by atoms with Crippen molar-refractivity contribution in [3.8, 4) is 0 Å². The van der Waals surface area contributed by atoms with Crippen molar-refractivity contribution in [2.45, 2.75) is 50.1 Å². The van der Waals surface area contributed by atoms with E-state index in [4.69, 9.17) is 16.6 Å². The van der Waals surface area contributed by atoms with Crippen LogP contribution in [-0.4, -0.2) is 20.7 Å². The lowest BCUT2D eigenvalue weighted by Crippen LogP contribution is -2.27. The highest BCUT2D eigenvalue weighted by atomic mass is 35.5. The number of allylic oxidation sites excluding steroid dienone is 1. The molecule has 0 bridgehead atoms. The highest BCUT2D eigenvalue weighted by Crippen LogP contribution is 2.36. The van der Waals surface area contributed by atoms with Crippen LogP contribution in [0.2, 0.25) is 5.02 Å². The number of rotatable bonds is 6. The summed E-state index contributed by atoms with van der Waals surface area (Å²) in [7, 11) is 0. The molecule has 2 aromatic heterocycles. The molecular weight excluding hydrogens is 438 g/mol. The molecule has 0 spiro atoms. The van der Waals surface area contributed by atoms with Gasteiger partial charge in [-0.3, -0.25) is 14.2 Å². The summed E-state index contributed by atoms with van der Waals surface area (Å²) >= 11 is 9.04. The molecule has 0 saturated carbocycles. The number of carbonyl (C=O) groups excluding carboxylic acids is 1. The highest BCUT2D eigenvalue weighted by Gasteiger charge is 2.25. The first-order valence-electron chi connectivity index (χ1n) is 9.79. The molecule has 1 aromatic carbocycles. The van der Waals surface area contributed by atoms with Gasteiger partial charge in [0.05, 0.1) is 10.6 Å². The first-order valence-corrected chi connectivity index (χ1v) is 11.9. The van der Waals surface area contributed by atoms with E-state index in [2.05, 4.69) is 11.9 Å². The maximum absolute atomic E-state index is 13.2. The van der Waals surface area contributed by atoms with E-state index in [1.54, 1.807) is 34.1 Å². The van der Waals surface area contributed by atoms with Gasteiger partial charge >= 0.3 is 0 Å². The molecule has 0 unspecified atom stereocenters. The Balaban J connectivity index is 1.64. The number of thioether (sulfide) groups is 1. The van der Waals surface area contributed by atoms with Crippen molar-refractivity contribution in [1.82, 2.24) is 9.55 Å². The van der Waals surface area contributed by atoms with Crippen LogP contribution in [-0.2, 0) is 24.2 Å². The molecule has 4 rings (SSSR count). The normalized spacial score (nSPS) is 14.0. The van der Waals surface area contributed by atoms with Crippen molar-refractivity contribution >= 4 is 56.5 Å². The van der Waals surface area contributed by atoms with E-state index in [1.165, 1.54) is 16.6 Å². The van der Waals surface area contributed by atoms with E-state index < -0.39 is 5.25 Å². The summed E-state index contributed by atoms with van der Waals surface area (Å²) in [6, 6.07) is 5.41. The largest absolute Gasteiger partial charge is 0.325 e. The van der Waals surface area contributed by atoms with E-state index >= 15 is 0 Å². The SMILES string of the molecule is C=CCn1c(S[C@@H](C)C(=O)Nc2cccc(Cl)c2C)nc2sc3c(c2c1=O)CCC3. The van der Waals surface area contributed by atoms with Crippen LogP contribution in [0.5, 0.6) is 0 Å². The molecule has 1 N–H and O–H groups in total. The topological polar surface area (TPSA) is 64.0 Å². The first kappa shape index (κ1) is 21.2. The molecule has 5 nitrogen and oxygen atoms in total. The fraction of sp³-hybridized carbons (Fsp3) is 0.318. The van der Waals surface area contributed by atoms with E-state index in [-0.39, 0.29) is 11.5 Å². The first-order chi connectivity index (χ1) is 14.4. The van der Waals surface area contributed by atoms with Gasteiger partial charge < -0.3 is 5.32 Å². The lowest BCUT2D eigenvalue weighted by Gasteiger charge is -2.16. The van der Waals surface area contributed by atoms with Gasteiger partial charge in [0, 0.05) is 22.1 Å². The minimum absolute atomic E-state index is 0.0416. The summed E-state index contributed by atoms with van der Waals surface area (Å²) in [4.78, 5) is 32.9. The second kappa shape index (κ2) is 8.57. The molecule has 3 aromatic rings. The molecule has 30 heavy (non-hydrogen) atoms. The third-order valence-corrected chi connectivity index (χ3v) is 7.96. The number of fused-ring (bicyclic) bond motifs is 3. The highest BCUT2D eigenvalue weighted by molar-refractivity contribution is 8.00. The zero-order valence-electron chi connectivity index (χ0n) is 16.8. The van der Waals surface area contributed by atoms with Gasteiger partial charge in [0.2, 0.25) is 5.91 Å². The Morgan fingerprint density at radius 1 is 1.47 bits per heavy atom. The average Bonchev–Trinajstić information content (AvgIpc) is 3.29. The lowest BCUT2D eigenvalue weighted by molar-refractivity contribution is -0.115. The predicted octanol–water partition coefficient (Wildman–Crippen LogP) is 5.21. The van der Waals surface area contributed by atoms with Crippen LogP contribution in [0.25, 0.3) is 10.2 Å². The van der Waals surface area contributed by atoms with Gasteiger partial charge in [0.25, 0.3) is 5.56 Å². The number of aryl methyl sites for hydroxylation is 2. The van der Waals surface area contributed by atoms with E-state index in [0.29, 0.717) is 22.4 Å². The number of anilines is 1. The number of aromatic nitrogens is 2. The number of hydrogen-bond acceptors (Lipinski definition) is 5. The van der Waals surface area contributed by atoms with E-state index in [1.807, 2.05) is 19.9 Å². The number of thiophene rings is 1. The van der Waals surface area contributed by atoms with Crippen molar-refractivity contribution in [2.24, 2.45) is 0 Å². The minimum Gasteiger partial charge on any atom is -0.325 e. The van der Waals surface area contributed by atoms with Crippen molar-refractivity contribution < 1.29 is 4.79 Å². The number of hydrogen-bond donors (Lipinski definition) is 1. The summed E-state index contributed by atoms with van der Waals surface area (Å²) in [6.45, 7) is 7.81. The van der Waals surface area contributed by atoms with Crippen LogP contribution in [0.3, 0.4) is 0 Å². The molecule has 0 radical (unpaired) electrons. The average molecular weight is 460 g/mol.